The van der Waals surface area contributed by atoms with Crippen molar-refractivity contribution >= 4 is 46.4 Å². The van der Waals surface area contributed by atoms with Crippen molar-refractivity contribution in [2.45, 2.75) is 0 Å². The SMILES string of the molecule is Nc1nc(Cl)nc(Oc2cc(Cl)c(Cl)cc2[N+](=O)[O-])n1. The molecule has 0 fully saturated rings. The fourth-order valence-electron chi connectivity index (χ4n) is 1.23. The second kappa shape index (κ2) is 5.61. The number of benzene rings is 1. The van der Waals surface area contributed by atoms with Crippen LogP contribution < -0.4 is 10.5 Å². The van der Waals surface area contributed by atoms with Crippen molar-refractivity contribution in [2.75, 3.05) is 5.73 Å². The van der Waals surface area contributed by atoms with Crippen molar-refractivity contribution in [2.24, 2.45) is 0 Å². The zero-order valence-electron chi connectivity index (χ0n) is 9.38. The highest BCUT2D eigenvalue weighted by atomic mass is 35.5. The number of nitrogen functional groups attached to an aromatic ring is 1. The van der Waals surface area contributed by atoms with Crippen molar-refractivity contribution in [1.29, 1.82) is 0 Å². The van der Waals surface area contributed by atoms with Gasteiger partial charge in [0.15, 0.2) is 0 Å². The van der Waals surface area contributed by atoms with Gasteiger partial charge in [0, 0.05) is 12.1 Å². The summed E-state index contributed by atoms with van der Waals surface area (Å²) in [5.41, 5.74) is 4.95. The molecule has 1 heterocycles. The molecule has 0 bridgehead atoms. The molecular formula is C9H4Cl3N5O3. The van der Waals surface area contributed by atoms with E-state index in [2.05, 4.69) is 15.0 Å². The first kappa shape index (κ1) is 14.5. The number of anilines is 1. The highest BCUT2D eigenvalue weighted by Gasteiger charge is 2.20. The summed E-state index contributed by atoms with van der Waals surface area (Å²) in [7, 11) is 0. The van der Waals surface area contributed by atoms with E-state index in [-0.39, 0.29) is 33.0 Å². The molecule has 0 unspecified atom stereocenters. The molecular weight excluding hydrogens is 332 g/mol. The maximum Gasteiger partial charge on any atom is 0.328 e. The number of nitro benzene ring substituents is 1. The third kappa shape index (κ3) is 3.16. The number of nitrogens with zero attached hydrogens (tertiary/aromatic N) is 4. The Balaban J connectivity index is 2.47. The fraction of sp³-hybridized carbons (Fsp3) is 0. The van der Waals surface area contributed by atoms with Crippen LogP contribution in [0.15, 0.2) is 12.1 Å². The molecule has 2 aromatic rings. The van der Waals surface area contributed by atoms with Crippen molar-refractivity contribution < 1.29 is 9.66 Å². The molecule has 1 aromatic carbocycles. The van der Waals surface area contributed by atoms with E-state index in [1.165, 1.54) is 0 Å². The molecule has 0 spiro atoms. The quantitative estimate of drug-likeness (QED) is 0.675. The van der Waals surface area contributed by atoms with E-state index >= 15 is 0 Å². The van der Waals surface area contributed by atoms with Gasteiger partial charge in [-0.3, -0.25) is 10.1 Å². The average molecular weight is 337 g/mol. The Labute approximate surface area is 126 Å². The van der Waals surface area contributed by atoms with Gasteiger partial charge in [-0.2, -0.15) is 15.0 Å². The molecule has 0 saturated heterocycles. The van der Waals surface area contributed by atoms with E-state index < -0.39 is 10.6 Å². The second-order valence-corrected chi connectivity index (χ2v) is 4.49. The maximum atomic E-state index is 10.9. The monoisotopic (exact) mass is 335 g/mol. The molecule has 104 valence electrons. The Kier molecular flexibility index (Phi) is 4.07. The van der Waals surface area contributed by atoms with Gasteiger partial charge in [0.1, 0.15) is 0 Å². The number of hydrogen-bond donors (Lipinski definition) is 1. The molecule has 11 heteroatoms. The second-order valence-electron chi connectivity index (χ2n) is 3.34. The molecule has 1 aromatic heterocycles. The summed E-state index contributed by atoms with van der Waals surface area (Å²) in [6.45, 7) is 0. The minimum atomic E-state index is -0.691. The van der Waals surface area contributed by atoms with Gasteiger partial charge in [0.2, 0.25) is 17.0 Å². The van der Waals surface area contributed by atoms with Gasteiger partial charge in [0.05, 0.1) is 15.0 Å². The Morgan fingerprint density at radius 2 is 1.80 bits per heavy atom. The molecule has 20 heavy (non-hydrogen) atoms. The summed E-state index contributed by atoms with van der Waals surface area (Å²) in [4.78, 5) is 21.0. The average Bonchev–Trinajstić information content (AvgIpc) is 2.31. The summed E-state index contributed by atoms with van der Waals surface area (Å²) >= 11 is 17.1. The van der Waals surface area contributed by atoms with Crippen molar-refractivity contribution in [1.82, 2.24) is 15.0 Å². The lowest BCUT2D eigenvalue weighted by Crippen LogP contribution is -2.01. The third-order valence-corrected chi connectivity index (χ3v) is 2.90. The van der Waals surface area contributed by atoms with Gasteiger partial charge in [-0.1, -0.05) is 23.2 Å². The van der Waals surface area contributed by atoms with Crippen LogP contribution in [0.25, 0.3) is 0 Å². The summed E-state index contributed by atoms with van der Waals surface area (Å²) in [5, 5.41) is 10.8. The maximum absolute atomic E-state index is 10.9. The minimum Gasteiger partial charge on any atom is -0.417 e. The lowest BCUT2D eigenvalue weighted by Gasteiger charge is -2.06. The van der Waals surface area contributed by atoms with Gasteiger partial charge in [-0.15, -0.1) is 0 Å². The van der Waals surface area contributed by atoms with Gasteiger partial charge < -0.3 is 10.5 Å². The van der Waals surface area contributed by atoms with Crippen LogP contribution in [0.2, 0.25) is 15.3 Å². The molecule has 0 amide bonds. The first-order chi connectivity index (χ1) is 9.36. The Morgan fingerprint density at radius 3 is 2.40 bits per heavy atom. The first-order valence-corrected chi connectivity index (χ1v) is 5.98. The number of rotatable bonds is 3. The van der Waals surface area contributed by atoms with Crippen LogP contribution in [0.3, 0.4) is 0 Å². The Hall–Kier alpha value is -1.90. The normalized spacial score (nSPS) is 10.3. The van der Waals surface area contributed by atoms with Crippen LogP contribution in [0, 0.1) is 10.1 Å². The number of halogens is 3. The van der Waals surface area contributed by atoms with Crippen LogP contribution in [0.4, 0.5) is 11.6 Å². The predicted octanol–water partition coefficient (Wildman–Crippen LogP) is 3.11. The van der Waals surface area contributed by atoms with Crippen molar-refractivity contribution in [3.63, 3.8) is 0 Å². The molecule has 0 atom stereocenters. The summed E-state index contributed by atoms with van der Waals surface area (Å²) < 4.78 is 5.16. The third-order valence-electron chi connectivity index (χ3n) is 2.00. The van der Waals surface area contributed by atoms with Gasteiger partial charge in [-0.25, -0.2) is 0 Å². The van der Waals surface area contributed by atoms with Gasteiger partial charge in [0.25, 0.3) is 0 Å². The lowest BCUT2D eigenvalue weighted by atomic mass is 10.3. The summed E-state index contributed by atoms with van der Waals surface area (Å²) in [5.74, 6) is -0.395. The van der Waals surface area contributed by atoms with Crippen molar-refractivity contribution in [3.8, 4) is 11.8 Å². The van der Waals surface area contributed by atoms with Crippen molar-refractivity contribution in [3.05, 3.63) is 37.6 Å². The smallest absolute Gasteiger partial charge is 0.328 e. The molecule has 8 nitrogen and oxygen atoms in total. The van der Waals surface area contributed by atoms with E-state index in [0.29, 0.717) is 0 Å². The first-order valence-electron chi connectivity index (χ1n) is 4.85. The molecule has 0 radical (unpaired) electrons. The van der Waals surface area contributed by atoms with Crippen LogP contribution in [0.5, 0.6) is 11.8 Å². The van der Waals surface area contributed by atoms with Gasteiger partial charge in [-0.05, 0) is 11.6 Å². The number of nitro groups is 1. The number of hydrogen-bond acceptors (Lipinski definition) is 7. The predicted molar refractivity (Wildman–Crippen MR) is 72.4 cm³/mol. The highest BCUT2D eigenvalue weighted by molar-refractivity contribution is 6.42. The fourth-order valence-corrected chi connectivity index (χ4v) is 1.70. The summed E-state index contributed by atoms with van der Waals surface area (Å²) in [6.07, 6.45) is 0. The van der Waals surface area contributed by atoms with Crippen LogP contribution >= 0.6 is 34.8 Å². The standard InChI is InChI=1S/C9H4Cl3N5O3/c10-3-1-5(17(18)19)6(2-4(3)11)20-9-15-7(12)14-8(13)16-9/h1-2H,(H2,13,14,15,16). The zero-order chi connectivity index (χ0) is 14.9. The van der Waals surface area contributed by atoms with E-state index in [1.54, 1.807) is 0 Å². The molecule has 2 rings (SSSR count). The Morgan fingerprint density at radius 1 is 1.15 bits per heavy atom. The largest absolute Gasteiger partial charge is 0.417 e. The van der Waals surface area contributed by atoms with Crippen LogP contribution in [-0.2, 0) is 0 Å². The van der Waals surface area contributed by atoms with E-state index in [1.807, 2.05) is 0 Å². The molecule has 2 N–H and O–H groups in total. The molecule has 0 aliphatic heterocycles. The van der Waals surface area contributed by atoms with Crippen LogP contribution in [0.1, 0.15) is 0 Å². The minimum absolute atomic E-state index is 0.0129. The van der Waals surface area contributed by atoms with Crippen LogP contribution in [-0.4, -0.2) is 19.9 Å². The van der Waals surface area contributed by atoms with Gasteiger partial charge >= 0.3 is 11.7 Å². The zero-order valence-corrected chi connectivity index (χ0v) is 11.6. The molecule has 0 aliphatic carbocycles. The van der Waals surface area contributed by atoms with E-state index in [0.717, 1.165) is 12.1 Å². The van der Waals surface area contributed by atoms with E-state index in [4.69, 9.17) is 45.3 Å². The highest BCUT2D eigenvalue weighted by Crippen LogP contribution is 2.37. The molecule has 0 aliphatic rings. The lowest BCUT2D eigenvalue weighted by molar-refractivity contribution is -0.385. The molecule has 0 saturated carbocycles. The number of ether oxygens (including phenoxy) is 1. The van der Waals surface area contributed by atoms with E-state index in [9.17, 15) is 10.1 Å². The Bertz CT molecular complexity index is 677. The number of nitrogens with two attached hydrogens (primary N) is 1. The number of aromatic nitrogens is 3. The summed E-state index contributed by atoms with van der Waals surface area (Å²) in [6, 6.07) is 1.91. The topological polar surface area (TPSA) is 117 Å².